The maximum atomic E-state index is 13.0. The van der Waals surface area contributed by atoms with E-state index in [2.05, 4.69) is 11.2 Å². The largest absolute Gasteiger partial charge is 0.490 e. The molecule has 0 unspecified atom stereocenters. The van der Waals surface area contributed by atoms with Crippen LogP contribution in [-0.4, -0.2) is 54.2 Å². The average molecular weight is 357 g/mol. The van der Waals surface area contributed by atoms with Crippen molar-refractivity contribution in [2.45, 2.75) is 38.6 Å². The Bertz CT molecular complexity index is 789. The molecule has 1 aromatic carbocycles. The van der Waals surface area contributed by atoms with Gasteiger partial charge in [-0.05, 0) is 36.6 Å². The molecule has 0 N–H and O–H groups in total. The van der Waals surface area contributed by atoms with Gasteiger partial charge in [0.2, 0.25) is 5.91 Å². The highest BCUT2D eigenvalue weighted by atomic mass is 16.5. The zero-order valence-corrected chi connectivity index (χ0v) is 15.2. The first-order valence-electron chi connectivity index (χ1n) is 9.12. The molecular formula is C19H23N3O4. The molecule has 7 heteroatoms. The summed E-state index contributed by atoms with van der Waals surface area (Å²) in [5.74, 6) is 1.40. The lowest BCUT2D eigenvalue weighted by molar-refractivity contribution is -0.131. The molecule has 4 rings (SSSR count). The van der Waals surface area contributed by atoms with Crippen molar-refractivity contribution >= 4 is 17.5 Å². The van der Waals surface area contributed by atoms with Crippen LogP contribution in [0.1, 0.15) is 43.4 Å². The fraction of sp³-hybridized carbons (Fsp3) is 0.526. The van der Waals surface area contributed by atoms with E-state index >= 15 is 0 Å². The maximum absolute atomic E-state index is 13.0. The zero-order chi connectivity index (χ0) is 18.3. The topological polar surface area (TPSA) is 71.4 Å². The summed E-state index contributed by atoms with van der Waals surface area (Å²) >= 11 is 0. The summed E-state index contributed by atoms with van der Waals surface area (Å²) in [5.41, 5.74) is 2.75. The molecule has 0 spiro atoms. The van der Waals surface area contributed by atoms with Crippen LogP contribution in [-0.2, 0) is 16.0 Å². The number of benzene rings is 1. The highest BCUT2D eigenvalue weighted by Crippen LogP contribution is 2.39. The minimum absolute atomic E-state index is 0.0570. The second-order valence-corrected chi connectivity index (χ2v) is 6.94. The molecule has 0 fully saturated rings. The van der Waals surface area contributed by atoms with E-state index in [0.29, 0.717) is 38.3 Å². The Morgan fingerprint density at radius 2 is 1.88 bits per heavy atom. The molecule has 138 valence electrons. The van der Waals surface area contributed by atoms with Crippen LogP contribution in [0.3, 0.4) is 0 Å². The van der Waals surface area contributed by atoms with Crippen LogP contribution in [0.2, 0.25) is 0 Å². The van der Waals surface area contributed by atoms with Gasteiger partial charge in [0.15, 0.2) is 11.5 Å². The molecule has 1 atom stereocenters. The van der Waals surface area contributed by atoms with Gasteiger partial charge in [0.25, 0.3) is 5.91 Å². The zero-order valence-electron chi connectivity index (χ0n) is 15.2. The molecule has 3 aliphatic heterocycles. The van der Waals surface area contributed by atoms with Gasteiger partial charge in [-0.3, -0.25) is 9.59 Å². The Balaban J connectivity index is 1.61. The average Bonchev–Trinajstić information content (AvgIpc) is 2.87. The first kappa shape index (κ1) is 16.9. The van der Waals surface area contributed by atoms with Crippen LogP contribution in [0, 0.1) is 0 Å². The van der Waals surface area contributed by atoms with Gasteiger partial charge in [0.1, 0.15) is 5.71 Å². The summed E-state index contributed by atoms with van der Waals surface area (Å²) in [6.07, 6.45) is 2.37. The first-order chi connectivity index (χ1) is 12.5. The van der Waals surface area contributed by atoms with Crippen molar-refractivity contribution in [2.24, 2.45) is 5.10 Å². The summed E-state index contributed by atoms with van der Waals surface area (Å²) in [6.45, 7) is 3.96. The van der Waals surface area contributed by atoms with Crippen molar-refractivity contribution in [3.8, 4) is 11.5 Å². The summed E-state index contributed by atoms with van der Waals surface area (Å²) in [6, 6.07) is 3.99. The van der Waals surface area contributed by atoms with Crippen LogP contribution >= 0.6 is 0 Å². The normalized spacial score (nSPS) is 22.5. The number of carbonyl (C=O) groups excluding carboxylic acids is 2. The lowest BCUT2D eigenvalue weighted by Gasteiger charge is -2.36. The Kier molecular flexibility index (Phi) is 4.30. The number of hydrazone groups is 1. The van der Waals surface area contributed by atoms with Crippen LogP contribution < -0.4 is 9.47 Å². The van der Waals surface area contributed by atoms with Crippen LogP contribution in [0.25, 0.3) is 0 Å². The van der Waals surface area contributed by atoms with E-state index in [1.54, 1.807) is 7.05 Å². The molecule has 7 nitrogen and oxygen atoms in total. The summed E-state index contributed by atoms with van der Waals surface area (Å²) in [7, 11) is 1.59. The smallest absolute Gasteiger partial charge is 0.270 e. The highest BCUT2D eigenvalue weighted by Gasteiger charge is 2.33. The van der Waals surface area contributed by atoms with Crippen LogP contribution in [0.5, 0.6) is 11.5 Å². The summed E-state index contributed by atoms with van der Waals surface area (Å²) in [5, 5.41) is 5.44. The Hall–Kier alpha value is -2.57. The number of nitrogens with zero attached hydrogens (tertiary/aromatic N) is 3. The standard InChI is InChI=1S/C19H23N3O4/c1-12-14-11-17-16(25-8-3-9-26-17)10-13(14)6-7-22(12)19(24)15-4-5-18(23)21(2)20-15/h10-12H,3-9H2,1-2H3/t12-/m1/s1. The third-order valence-electron chi connectivity index (χ3n) is 5.26. The lowest BCUT2D eigenvalue weighted by Crippen LogP contribution is -2.44. The van der Waals surface area contributed by atoms with E-state index in [4.69, 9.17) is 9.47 Å². The molecule has 2 amide bonds. The molecule has 26 heavy (non-hydrogen) atoms. The fourth-order valence-electron chi connectivity index (χ4n) is 3.74. The van der Waals surface area contributed by atoms with Crippen LogP contribution in [0.4, 0.5) is 0 Å². The monoisotopic (exact) mass is 357 g/mol. The Morgan fingerprint density at radius 3 is 2.62 bits per heavy atom. The quantitative estimate of drug-likeness (QED) is 0.770. The van der Waals surface area contributed by atoms with Gasteiger partial charge in [-0.1, -0.05) is 0 Å². The number of carbonyl (C=O) groups is 2. The molecule has 3 heterocycles. The van der Waals surface area contributed by atoms with Crippen molar-refractivity contribution in [1.29, 1.82) is 0 Å². The predicted octanol–water partition coefficient (Wildman–Crippen LogP) is 1.90. The molecule has 0 saturated carbocycles. The molecule has 0 aliphatic carbocycles. The van der Waals surface area contributed by atoms with Gasteiger partial charge in [-0.25, -0.2) is 5.01 Å². The number of fused-ring (bicyclic) bond motifs is 2. The van der Waals surface area contributed by atoms with E-state index in [0.717, 1.165) is 29.9 Å². The second-order valence-electron chi connectivity index (χ2n) is 6.94. The number of ether oxygens (including phenoxy) is 2. The number of rotatable bonds is 1. The molecular weight excluding hydrogens is 334 g/mol. The van der Waals surface area contributed by atoms with Crippen LogP contribution in [0.15, 0.2) is 17.2 Å². The SMILES string of the molecule is C[C@@H]1c2cc3c(cc2CCN1C(=O)C1=NN(C)C(=O)CC1)OCCCO3. The van der Waals surface area contributed by atoms with E-state index in [1.165, 1.54) is 10.6 Å². The molecule has 1 aromatic rings. The first-order valence-corrected chi connectivity index (χ1v) is 9.12. The number of hydrogen-bond acceptors (Lipinski definition) is 5. The molecule has 0 bridgehead atoms. The van der Waals surface area contributed by atoms with Gasteiger partial charge < -0.3 is 14.4 Å². The van der Waals surface area contributed by atoms with E-state index in [-0.39, 0.29) is 17.9 Å². The minimum atomic E-state index is -0.0883. The van der Waals surface area contributed by atoms with Crippen molar-refractivity contribution in [3.63, 3.8) is 0 Å². The maximum Gasteiger partial charge on any atom is 0.270 e. The third-order valence-corrected chi connectivity index (χ3v) is 5.26. The molecule has 0 saturated heterocycles. The number of amides is 2. The minimum Gasteiger partial charge on any atom is -0.490 e. The van der Waals surface area contributed by atoms with Crippen molar-refractivity contribution in [3.05, 3.63) is 23.3 Å². The van der Waals surface area contributed by atoms with E-state index in [9.17, 15) is 9.59 Å². The van der Waals surface area contributed by atoms with Gasteiger partial charge in [-0.2, -0.15) is 5.10 Å². The predicted molar refractivity (Wildman–Crippen MR) is 95.3 cm³/mol. The molecule has 0 aromatic heterocycles. The summed E-state index contributed by atoms with van der Waals surface area (Å²) in [4.78, 5) is 26.4. The van der Waals surface area contributed by atoms with Gasteiger partial charge in [-0.15, -0.1) is 0 Å². The molecule has 3 aliphatic rings. The van der Waals surface area contributed by atoms with Crippen molar-refractivity contribution in [1.82, 2.24) is 9.91 Å². The van der Waals surface area contributed by atoms with Gasteiger partial charge in [0.05, 0.1) is 19.3 Å². The third kappa shape index (κ3) is 2.91. The van der Waals surface area contributed by atoms with E-state index < -0.39 is 0 Å². The Labute approximate surface area is 152 Å². The van der Waals surface area contributed by atoms with Crippen molar-refractivity contribution < 1.29 is 19.1 Å². The van der Waals surface area contributed by atoms with E-state index in [1.807, 2.05) is 17.9 Å². The Morgan fingerprint density at radius 1 is 1.15 bits per heavy atom. The van der Waals surface area contributed by atoms with Gasteiger partial charge >= 0.3 is 0 Å². The molecule has 0 radical (unpaired) electrons. The number of hydrogen-bond donors (Lipinski definition) is 0. The second kappa shape index (κ2) is 6.63. The van der Waals surface area contributed by atoms with Crippen molar-refractivity contribution in [2.75, 3.05) is 26.8 Å². The lowest BCUT2D eigenvalue weighted by atomic mass is 9.92. The fourth-order valence-corrected chi connectivity index (χ4v) is 3.74. The highest BCUT2D eigenvalue weighted by molar-refractivity contribution is 6.39. The summed E-state index contributed by atoms with van der Waals surface area (Å²) < 4.78 is 11.6. The van der Waals surface area contributed by atoms with Gasteiger partial charge in [0, 0.05) is 32.9 Å².